The Labute approximate surface area is 119 Å². The molecule has 5 heteroatoms. The first-order valence-corrected chi connectivity index (χ1v) is 8.30. The summed E-state index contributed by atoms with van der Waals surface area (Å²) in [6, 6.07) is 0.621. The largest absolute Gasteiger partial charge is 0.307 e. The third kappa shape index (κ3) is 2.86. The maximum absolute atomic E-state index is 6.36. The van der Waals surface area contributed by atoms with Gasteiger partial charge in [0, 0.05) is 24.9 Å². The van der Waals surface area contributed by atoms with Gasteiger partial charge in [-0.1, -0.05) is 24.9 Å². The highest BCUT2D eigenvalue weighted by atomic mass is 35.5. The average Bonchev–Trinajstić information content (AvgIpc) is 2.92. The second kappa shape index (κ2) is 6.31. The van der Waals surface area contributed by atoms with Gasteiger partial charge in [-0.15, -0.1) is 0 Å². The van der Waals surface area contributed by atoms with Crippen molar-refractivity contribution in [3.63, 3.8) is 0 Å². The fourth-order valence-electron chi connectivity index (χ4n) is 2.68. The number of aryl methyl sites for hydroxylation is 2. The summed E-state index contributed by atoms with van der Waals surface area (Å²) in [5.74, 6) is 0. The predicted octanol–water partition coefficient (Wildman–Crippen LogP) is 3.01. The van der Waals surface area contributed by atoms with Gasteiger partial charge in [0.1, 0.15) is 0 Å². The minimum atomic E-state index is 0.621. The van der Waals surface area contributed by atoms with Gasteiger partial charge in [0.25, 0.3) is 0 Å². The number of thioether (sulfide) groups is 1. The van der Waals surface area contributed by atoms with Crippen LogP contribution < -0.4 is 5.32 Å². The maximum atomic E-state index is 6.36. The van der Waals surface area contributed by atoms with Crippen molar-refractivity contribution in [1.29, 1.82) is 0 Å². The summed E-state index contributed by atoms with van der Waals surface area (Å²) in [6.07, 6.45) is 7.04. The van der Waals surface area contributed by atoms with Gasteiger partial charge in [-0.2, -0.15) is 16.9 Å². The molecule has 0 amide bonds. The molecule has 1 aromatic rings. The van der Waals surface area contributed by atoms with Gasteiger partial charge >= 0.3 is 0 Å². The van der Waals surface area contributed by atoms with Crippen LogP contribution in [0.2, 0.25) is 5.02 Å². The van der Waals surface area contributed by atoms with Crippen molar-refractivity contribution in [1.82, 2.24) is 15.1 Å². The van der Waals surface area contributed by atoms with E-state index in [1.165, 1.54) is 19.3 Å². The van der Waals surface area contributed by atoms with E-state index in [0.29, 0.717) is 6.04 Å². The molecule has 3 nitrogen and oxygen atoms in total. The van der Waals surface area contributed by atoms with Crippen molar-refractivity contribution in [2.75, 3.05) is 6.26 Å². The van der Waals surface area contributed by atoms with E-state index in [2.05, 4.69) is 23.6 Å². The first kappa shape index (κ1) is 14.2. The normalized spacial score (nSPS) is 23.8. The lowest BCUT2D eigenvalue weighted by atomic mass is 10.2. The van der Waals surface area contributed by atoms with Gasteiger partial charge in [-0.05, 0) is 25.5 Å². The average molecular weight is 288 g/mol. The quantitative estimate of drug-likeness (QED) is 0.903. The fourth-order valence-corrected chi connectivity index (χ4v) is 4.01. The van der Waals surface area contributed by atoms with Crippen LogP contribution in [0.4, 0.5) is 0 Å². The van der Waals surface area contributed by atoms with Crippen LogP contribution in [0.25, 0.3) is 0 Å². The molecule has 1 saturated carbocycles. The molecule has 0 radical (unpaired) electrons. The molecular weight excluding hydrogens is 266 g/mol. The smallest absolute Gasteiger partial charge is 0.0863 e. The first-order valence-electron chi connectivity index (χ1n) is 6.63. The highest BCUT2D eigenvalue weighted by molar-refractivity contribution is 7.99. The Hall–Kier alpha value is -0.190. The van der Waals surface area contributed by atoms with Crippen LogP contribution in [0, 0.1) is 0 Å². The zero-order valence-electron chi connectivity index (χ0n) is 11.4. The number of hydrogen-bond donors (Lipinski definition) is 1. The van der Waals surface area contributed by atoms with Crippen molar-refractivity contribution in [3.05, 3.63) is 16.4 Å². The van der Waals surface area contributed by atoms with E-state index in [1.807, 2.05) is 23.5 Å². The minimum Gasteiger partial charge on any atom is -0.307 e. The molecule has 1 aromatic heterocycles. The first-order chi connectivity index (χ1) is 8.67. The number of nitrogens with zero attached hydrogens (tertiary/aromatic N) is 2. The van der Waals surface area contributed by atoms with Gasteiger partial charge in [-0.25, -0.2) is 0 Å². The molecule has 2 atom stereocenters. The summed E-state index contributed by atoms with van der Waals surface area (Å²) in [6.45, 7) is 2.91. The molecule has 0 spiro atoms. The van der Waals surface area contributed by atoms with E-state index < -0.39 is 0 Å². The second-order valence-corrected chi connectivity index (χ2v) is 6.33. The second-order valence-electron chi connectivity index (χ2n) is 4.88. The maximum Gasteiger partial charge on any atom is 0.0863 e. The van der Waals surface area contributed by atoms with Crippen molar-refractivity contribution in [2.24, 2.45) is 7.05 Å². The molecule has 0 aromatic carbocycles. The number of hydrogen-bond acceptors (Lipinski definition) is 3. The predicted molar refractivity (Wildman–Crippen MR) is 79.4 cm³/mol. The molecule has 1 aliphatic rings. The van der Waals surface area contributed by atoms with Crippen LogP contribution in [0.15, 0.2) is 0 Å². The fraction of sp³-hybridized carbons (Fsp3) is 0.769. The molecule has 1 aliphatic carbocycles. The van der Waals surface area contributed by atoms with Crippen molar-refractivity contribution in [2.45, 2.75) is 50.4 Å². The van der Waals surface area contributed by atoms with Gasteiger partial charge in [0.05, 0.1) is 16.4 Å². The van der Waals surface area contributed by atoms with Gasteiger partial charge in [-0.3, -0.25) is 4.68 Å². The van der Waals surface area contributed by atoms with Gasteiger partial charge < -0.3 is 5.32 Å². The third-order valence-corrected chi connectivity index (χ3v) is 5.40. The van der Waals surface area contributed by atoms with E-state index in [-0.39, 0.29) is 0 Å². The summed E-state index contributed by atoms with van der Waals surface area (Å²) in [4.78, 5) is 0. The lowest BCUT2D eigenvalue weighted by Crippen LogP contribution is -2.34. The Kier molecular flexibility index (Phi) is 4.98. The van der Waals surface area contributed by atoms with Crippen LogP contribution >= 0.6 is 23.4 Å². The number of halogens is 1. The number of rotatable bonds is 5. The van der Waals surface area contributed by atoms with Crippen LogP contribution in [0.1, 0.15) is 37.6 Å². The molecule has 102 valence electrons. The van der Waals surface area contributed by atoms with E-state index in [9.17, 15) is 0 Å². The Morgan fingerprint density at radius 2 is 2.28 bits per heavy atom. The van der Waals surface area contributed by atoms with Crippen LogP contribution in [0.5, 0.6) is 0 Å². The number of aromatic nitrogens is 2. The highest BCUT2D eigenvalue weighted by Crippen LogP contribution is 2.29. The van der Waals surface area contributed by atoms with E-state index >= 15 is 0 Å². The molecule has 0 saturated heterocycles. The summed E-state index contributed by atoms with van der Waals surface area (Å²) in [5, 5.41) is 9.70. The Bertz CT molecular complexity index is 405. The molecule has 2 unspecified atom stereocenters. The third-order valence-electron chi connectivity index (χ3n) is 3.79. The zero-order valence-corrected chi connectivity index (χ0v) is 12.9. The molecule has 1 fully saturated rings. The zero-order chi connectivity index (χ0) is 13.1. The summed E-state index contributed by atoms with van der Waals surface area (Å²) in [5.41, 5.74) is 2.11. The van der Waals surface area contributed by atoms with Crippen LogP contribution in [0.3, 0.4) is 0 Å². The Morgan fingerprint density at radius 1 is 1.50 bits per heavy atom. The standard InChI is InChI=1S/C13H22ClN3S/c1-4-9-13(14)11(17(2)16-9)8-15-10-6-5-7-12(10)18-3/h10,12,15H,4-8H2,1-3H3. The molecule has 1 heterocycles. The monoisotopic (exact) mass is 287 g/mol. The van der Waals surface area contributed by atoms with Crippen molar-refractivity contribution >= 4 is 23.4 Å². The lowest BCUT2D eigenvalue weighted by Gasteiger charge is -2.19. The Balaban J connectivity index is 1.99. The topological polar surface area (TPSA) is 29.9 Å². The van der Waals surface area contributed by atoms with Crippen molar-refractivity contribution in [3.8, 4) is 0 Å². The van der Waals surface area contributed by atoms with E-state index in [0.717, 1.165) is 34.6 Å². The SMILES string of the molecule is CCc1nn(C)c(CNC2CCCC2SC)c1Cl. The van der Waals surface area contributed by atoms with Crippen LogP contribution in [-0.4, -0.2) is 27.3 Å². The minimum absolute atomic E-state index is 0.621. The Morgan fingerprint density at radius 3 is 2.89 bits per heavy atom. The van der Waals surface area contributed by atoms with E-state index in [1.54, 1.807) is 0 Å². The molecule has 1 N–H and O–H groups in total. The van der Waals surface area contributed by atoms with Gasteiger partial charge in [0.15, 0.2) is 0 Å². The molecule has 18 heavy (non-hydrogen) atoms. The van der Waals surface area contributed by atoms with Gasteiger partial charge in [0.2, 0.25) is 0 Å². The number of nitrogens with one attached hydrogen (secondary N) is 1. The molecule has 0 aliphatic heterocycles. The lowest BCUT2D eigenvalue weighted by molar-refractivity contribution is 0.514. The van der Waals surface area contributed by atoms with Crippen molar-refractivity contribution < 1.29 is 0 Å². The molecule has 2 rings (SSSR count). The van der Waals surface area contributed by atoms with E-state index in [4.69, 9.17) is 11.6 Å². The summed E-state index contributed by atoms with van der Waals surface area (Å²) >= 11 is 8.33. The summed E-state index contributed by atoms with van der Waals surface area (Å²) < 4.78 is 1.91. The summed E-state index contributed by atoms with van der Waals surface area (Å²) in [7, 11) is 1.97. The highest BCUT2D eigenvalue weighted by Gasteiger charge is 2.26. The molecular formula is C13H22ClN3S. The van der Waals surface area contributed by atoms with Crippen LogP contribution in [-0.2, 0) is 20.0 Å². The molecule has 0 bridgehead atoms.